The highest BCUT2D eigenvalue weighted by Gasteiger charge is 2.19. The molecule has 4 heterocycles. The number of para-hydroxylation sites is 3. The Morgan fingerprint density at radius 3 is 1.78 bits per heavy atom. The highest BCUT2D eigenvalue weighted by atomic mass is 32.1. The maximum absolute atomic E-state index is 6.47. The lowest BCUT2D eigenvalue weighted by Crippen LogP contribution is -2.00. The molecule has 0 spiro atoms. The van der Waals surface area contributed by atoms with Gasteiger partial charge in [-0.15, -0.1) is 11.3 Å². The van der Waals surface area contributed by atoms with Crippen LogP contribution in [0.4, 0.5) is 0 Å². The Morgan fingerprint density at radius 1 is 0.365 bits per heavy atom. The molecule has 4 aromatic heterocycles. The quantitative estimate of drug-likeness (QED) is 0.168. The Hall–Kier alpha value is -8.19. The average molecular weight is 823 g/mol. The van der Waals surface area contributed by atoms with Crippen molar-refractivity contribution in [2.45, 2.75) is 0 Å². The van der Waals surface area contributed by atoms with Gasteiger partial charge in [-0.3, -0.25) is 0 Å². The number of benzene rings is 9. The van der Waals surface area contributed by atoms with Gasteiger partial charge in [-0.1, -0.05) is 152 Å². The first kappa shape index (κ1) is 35.6. The highest BCUT2D eigenvalue weighted by molar-refractivity contribution is 7.26. The second kappa shape index (κ2) is 14.2. The first-order chi connectivity index (χ1) is 31.2. The van der Waals surface area contributed by atoms with Gasteiger partial charge >= 0.3 is 0 Å². The monoisotopic (exact) mass is 822 g/mol. The first-order valence-electron chi connectivity index (χ1n) is 21.1. The lowest BCUT2D eigenvalue weighted by molar-refractivity contribution is 0.670. The molecular weight excluding hydrogens is 789 g/mol. The summed E-state index contributed by atoms with van der Waals surface area (Å²) in [4.78, 5) is 15.2. The van der Waals surface area contributed by atoms with E-state index in [4.69, 9.17) is 19.4 Å². The number of nitrogens with zero attached hydrogens (tertiary/aromatic N) is 4. The van der Waals surface area contributed by atoms with Crippen LogP contribution in [-0.2, 0) is 0 Å². The van der Waals surface area contributed by atoms with Crippen molar-refractivity contribution in [1.29, 1.82) is 0 Å². The minimum Gasteiger partial charge on any atom is -0.455 e. The maximum atomic E-state index is 6.47. The molecule has 0 aliphatic heterocycles. The van der Waals surface area contributed by atoms with E-state index in [1.165, 1.54) is 25.6 Å². The van der Waals surface area contributed by atoms with Crippen molar-refractivity contribution in [3.05, 3.63) is 206 Å². The van der Waals surface area contributed by atoms with Crippen LogP contribution in [0, 0.1) is 0 Å². The molecule has 6 heteroatoms. The van der Waals surface area contributed by atoms with Gasteiger partial charge in [0.25, 0.3) is 0 Å². The van der Waals surface area contributed by atoms with E-state index in [1.807, 2.05) is 48.5 Å². The van der Waals surface area contributed by atoms with E-state index in [0.717, 1.165) is 83.0 Å². The SMILES string of the molecule is c1ccc(-c2nc(-c3ccccc3)nc(-c3cccc4sc5ccc(-c6ccc7c(c6)c6ccccc6n7-c6cccc(-c7cccc8c7oc7ccccc78)c6)cc5c34)n2)cc1. The summed E-state index contributed by atoms with van der Waals surface area (Å²) in [5.74, 6) is 1.96. The molecule has 0 fully saturated rings. The van der Waals surface area contributed by atoms with Gasteiger partial charge in [0.1, 0.15) is 11.2 Å². The number of furan rings is 1. The number of thiophene rings is 1. The molecule has 0 radical (unpaired) electrons. The smallest absolute Gasteiger partial charge is 0.164 e. The van der Waals surface area contributed by atoms with Crippen LogP contribution in [0.3, 0.4) is 0 Å². The summed E-state index contributed by atoms with van der Waals surface area (Å²) in [5, 5.41) is 7.01. The zero-order chi connectivity index (χ0) is 41.4. The van der Waals surface area contributed by atoms with Crippen LogP contribution >= 0.6 is 11.3 Å². The molecule has 9 aromatic carbocycles. The summed E-state index contributed by atoms with van der Waals surface area (Å²) in [7, 11) is 0. The molecule has 0 aliphatic rings. The minimum absolute atomic E-state index is 0.652. The van der Waals surface area contributed by atoms with Crippen molar-refractivity contribution in [3.8, 4) is 62.1 Å². The molecular formula is C57H34N4OS. The Bertz CT molecular complexity index is 3860. The fourth-order valence-corrected chi connectivity index (χ4v) is 10.5. The summed E-state index contributed by atoms with van der Waals surface area (Å²) >= 11 is 1.80. The van der Waals surface area contributed by atoms with Gasteiger partial charge in [0.15, 0.2) is 17.5 Å². The molecule has 13 rings (SSSR count). The molecule has 5 nitrogen and oxygen atoms in total. The highest BCUT2D eigenvalue weighted by Crippen LogP contribution is 2.43. The van der Waals surface area contributed by atoms with Crippen LogP contribution in [-0.4, -0.2) is 19.5 Å². The number of rotatable bonds is 6. The van der Waals surface area contributed by atoms with Crippen molar-refractivity contribution in [1.82, 2.24) is 19.5 Å². The normalized spacial score (nSPS) is 11.8. The van der Waals surface area contributed by atoms with Crippen molar-refractivity contribution >= 4 is 75.3 Å². The van der Waals surface area contributed by atoms with Crippen molar-refractivity contribution in [2.24, 2.45) is 0 Å². The molecule has 0 bridgehead atoms. The Balaban J connectivity index is 0.945. The molecule has 63 heavy (non-hydrogen) atoms. The van der Waals surface area contributed by atoms with Crippen LogP contribution in [0.15, 0.2) is 211 Å². The Morgan fingerprint density at radius 2 is 0.968 bits per heavy atom. The summed E-state index contributed by atoms with van der Waals surface area (Å²) in [6.07, 6.45) is 0. The van der Waals surface area contributed by atoms with Crippen LogP contribution < -0.4 is 0 Å². The predicted molar refractivity (Wildman–Crippen MR) is 262 cm³/mol. The van der Waals surface area contributed by atoms with Crippen LogP contribution in [0.25, 0.3) is 126 Å². The third-order valence-electron chi connectivity index (χ3n) is 12.3. The van der Waals surface area contributed by atoms with E-state index in [-0.39, 0.29) is 0 Å². The standard InChI is InChI=1S/C57H34N4OS/c1-3-14-35(15-4-1)55-58-56(36-16-5-2-6-17-36)60-57(59-55)45-24-13-27-52-53(45)47-34-38(29-31-51(47)63-52)37-28-30-49-46(33-37)42-20-7-9-25-48(42)61(49)40-19-11-18-39(32-40)41-22-12-23-44-43-21-8-10-26-50(43)62-54(41)44/h1-34H. The Labute approximate surface area is 365 Å². The third-order valence-corrected chi connectivity index (χ3v) is 13.4. The topological polar surface area (TPSA) is 56.7 Å². The summed E-state index contributed by atoms with van der Waals surface area (Å²) in [6.45, 7) is 0. The lowest BCUT2D eigenvalue weighted by atomic mass is 9.99. The van der Waals surface area contributed by atoms with Gasteiger partial charge in [-0.25, -0.2) is 15.0 Å². The second-order valence-corrected chi connectivity index (χ2v) is 17.0. The summed E-state index contributed by atoms with van der Waals surface area (Å²) in [5.41, 5.74) is 12.6. The molecule has 0 saturated heterocycles. The molecule has 0 saturated carbocycles. The van der Waals surface area contributed by atoms with Gasteiger partial charge in [0.2, 0.25) is 0 Å². The molecule has 0 unspecified atom stereocenters. The minimum atomic E-state index is 0.652. The zero-order valence-corrected chi connectivity index (χ0v) is 34.6. The van der Waals surface area contributed by atoms with E-state index >= 15 is 0 Å². The van der Waals surface area contributed by atoms with E-state index in [9.17, 15) is 0 Å². The molecule has 0 N–H and O–H groups in total. The molecule has 294 valence electrons. The molecule has 0 atom stereocenters. The fourth-order valence-electron chi connectivity index (χ4n) is 9.34. The predicted octanol–water partition coefficient (Wildman–Crippen LogP) is 15.6. The number of hydrogen-bond donors (Lipinski definition) is 0. The van der Waals surface area contributed by atoms with Crippen LogP contribution in [0.1, 0.15) is 0 Å². The zero-order valence-electron chi connectivity index (χ0n) is 33.7. The molecule has 13 aromatic rings. The molecule has 0 amide bonds. The van der Waals surface area contributed by atoms with Crippen molar-refractivity contribution < 1.29 is 4.42 Å². The number of hydrogen-bond acceptors (Lipinski definition) is 5. The first-order valence-corrected chi connectivity index (χ1v) is 21.9. The van der Waals surface area contributed by atoms with Crippen LogP contribution in [0.5, 0.6) is 0 Å². The van der Waals surface area contributed by atoms with E-state index in [0.29, 0.717) is 17.5 Å². The largest absolute Gasteiger partial charge is 0.455 e. The van der Waals surface area contributed by atoms with Crippen molar-refractivity contribution in [3.63, 3.8) is 0 Å². The van der Waals surface area contributed by atoms with Crippen LogP contribution in [0.2, 0.25) is 0 Å². The molecule has 0 aliphatic carbocycles. The summed E-state index contributed by atoms with van der Waals surface area (Å²) in [6, 6.07) is 72.8. The van der Waals surface area contributed by atoms with Gasteiger partial charge < -0.3 is 8.98 Å². The van der Waals surface area contributed by atoms with Gasteiger partial charge in [-0.05, 0) is 71.3 Å². The van der Waals surface area contributed by atoms with Gasteiger partial charge in [0.05, 0.1) is 11.0 Å². The Kier molecular flexibility index (Phi) is 8.01. The lowest BCUT2D eigenvalue weighted by Gasteiger charge is -2.11. The number of fused-ring (bicyclic) bond motifs is 9. The summed E-state index contributed by atoms with van der Waals surface area (Å²) < 4.78 is 11.3. The fraction of sp³-hybridized carbons (Fsp3) is 0. The second-order valence-electron chi connectivity index (χ2n) is 15.9. The van der Waals surface area contributed by atoms with E-state index in [1.54, 1.807) is 11.3 Å². The average Bonchev–Trinajstić information content (AvgIpc) is 4.04. The van der Waals surface area contributed by atoms with E-state index < -0.39 is 0 Å². The van der Waals surface area contributed by atoms with Gasteiger partial charge in [-0.2, -0.15) is 0 Å². The number of aromatic nitrogens is 4. The maximum Gasteiger partial charge on any atom is 0.164 e. The van der Waals surface area contributed by atoms with E-state index in [2.05, 4.69) is 162 Å². The third kappa shape index (κ3) is 5.80. The van der Waals surface area contributed by atoms with Crippen molar-refractivity contribution in [2.75, 3.05) is 0 Å². The van der Waals surface area contributed by atoms with Gasteiger partial charge in [0, 0.05) is 69.7 Å².